The first kappa shape index (κ1) is 19.2. The van der Waals surface area contributed by atoms with Crippen LogP contribution in [0.5, 0.6) is 11.5 Å². The van der Waals surface area contributed by atoms with Crippen molar-refractivity contribution in [1.82, 2.24) is 14.8 Å². The maximum atomic E-state index is 13.0. The van der Waals surface area contributed by atoms with Crippen molar-refractivity contribution in [2.24, 2.45) is 7.05 Å². The number of aromatic nitrogens is 3. The second-order valence-corrected chi connectivity index (χ2v) is 7.37. The van der Waals surface area contributed by atoms with Gasteiger partial charge in [0.2, 0.25) is 0 Å². The molecule has 0 radical (unpaired) electrons. The highest BCUT2D eigenvalue weighted by molar-refractivity contribution is 6.35. The van der Waals surface area contributed by atoms with Crippen LogP contribution >= 0.6 is 23.2 Å². The van der Waals surface area contributed by atoms with E-state index in [0.717, 1.165) is 0 Å². The summed E-state index contributed by atoms with van der Waals surface area (Å²) in [7, 11) is 1.57. The molecule has 8 heteroatoms. The monoisotopic (exact) mass is 427 g/mol. The SMILES string of the molecule is Cc1[nH]n(C)c(=O)c1C(=O)c1ccc2nccc(Oc3ccc(Cl)cc3Cl)c2c1. The number of aromatic amines is 1. The van der Waals surface area contributed by atoms with Crippen LogP contribution in [0.15, 0.2) is 53.5 Å². The third-order valence-electron chi connectivity index (χ3n) is 4.53. The number of ketones is 1. The smallest absolute Gasteiger partial charge is 0.277 e. The molecule has 29 heavy (non-hydrogen) atoms. The standard InChI is InChI=1S/C21H15Cl2N3O3/c1-11-19(21(28)26(2)25-11)20(27)12-3-5-16-14(9-12)17(7-8-24-16)29-18-6-4-13(22)10-15(18)23/h3-10,25H,1-2H3. The van der Waals surface area contributed by atoms with Gasteiger partial charge >= 0.3 is 0 Å². The molecular weight excluding hydrogens is 413 g/mol. The first-order valence-corrected chi connectivity index (χ1v) is 9.42. The summed E-state index contributed by atoms with van der Waals surface area (Å²) in [4.78, 5) is 29.6. The van der Waals surface area contributed by atoms with Crippen molar-refractivity contribution in [3.63, 3.8) is 0 Å². The minimum Gasteiger partial charge on any atom is -0.455 e. The molecule has 0 aliphatic heterocycles. The van der Waals surface area contributed by atoms with Crippen LogP contribution < -0.4 is 10.3 Å². The number of ether oxygens (including phenoxy) is 1. The van der Waals surface area contributed by atoms with Crippen LogP contribution in [0, 0.1) is 6.92 Å². The maximum absolute atomic E-state index is 13.0. The van der Waals surface area contributed by atoms with Gasteiger partial charge in [-0.25, -0.2) is 0 Å². The number of benzene rings is 2. The van der Waals surface area contributed by atoms with E-state index in [9.17, 15) is 9.59 Å². The molecule has 4 aromatic rings. The number of fused-ring (bicyclic) bond motifs is 1. The Morgan fingerprint density at radius 3 is 2.59 bits per heavy atom. The molecule has 0 spiro atoms. The van der Waals surface area contributed by atoms with Gasteiger partial charge in [0.25, 0.3) is 5.56 Å². The van der Waals surface area contributed by atoms with Crippen molar-refractivity contribution < 1.29 is 9.53 Å². The lowest BCUT2D eigenvalue weighted by Crippen LogP contribution is -2.19. The van der Waals surface area contributed by atoms with Gasteiger partial charge in [-0.15, -0.1) is 0 Å². The lowest BCUT2D eigenvalue weighted by molar-refractivity contribution is 0.103. The number of carbonyl (C=O) groups is 1. The van der Waals surface area contributed by atoms with Crippen LogP contribution in [-0.4, -0.2) is 20.5 Å². The molecule has 0 unspecified atom stereocenters. The Morgan fingerprint density at radius 2 is 1.90 bits per heavy atom. The Hall–Kier alpha value is -3.09. The van der Waals surface area contributed by atoms with Gasteiger partial charge in [-0.2, -0.15) is 0 Å². The third kappa shape index (κ3) is 3.52. The molecule has 6 nitrogen and oxygen atoms in total. The Morgan fingerprint density at radius 1 is 1.10 bits per heavy atom. The molecule has 1 N–H and O–H groups in total. The first-order valence-electron chi connectivity index (χ1n) is 8.67. The molecule has 2 aromatic heterocycles. The number of H-pyrrole nitrogens is 1. The Bertz CT molecular complexity index is 1320. The number of nitrogens with zero attached hydrogens (tertiary/aromatic N) is 2. The van der Waals surface area contributed by atoms with E-state index < -0.39 is 0 Å². The van der Waals surface area contributed by atoms with Crippen LogP contribution in [0.25, 0.3) is 10.9 Å². The quantitative estimate of drug-likeness (QED) is 0.469. The Balaban J connectivity index is 1.80. The predicted molar refractivity (Wildman–Crippen MR) is 112 cm³/mol. The topological polar surface area (TPSA) is 77.0 Å². The number of rotatable bonds is 4. The molecular formula is C21H15Cl2N3O3. The summed E-state index contributed by atoms with van der Waals surface area (Å²) < 4.78 is 7.24. The molecule has 2 heterocycles. The molecule has 0 saturated heterocycles. The van der Waals surface area contributed by atoms with Crippen molar-refractivity contribution in [1.29, 1.82) is 0 Å². The average Bonchev–Trinajstić information content (AvgIpc) is 2.95. The molecule has 2 aromatic carbocycles. The fourth-order valence-corrected chi connectivity index (χ4v) is 3.57. The van der Waals surface area contributed by atoms with E-state index >= 15 is 0 Å². The molecule has 0 bridgehead atoms. The number of halogens is 2. The maximum Gasteiger partial charge on any atom is 0.277 e. The highest BCUT2D eigenvalue weighted by atomic mass is 35.5. The lowest BCUT2D eigenvalue weighted by Gasteiger charge is -2.11. The van der Waals surface area contributed by atoms with Crippen LogP contribution in [0.3, 0.4) is 0 Å². The van der Waals surface area contributed by atoms with Gasteiger partial charge in [0, 0.05) is 34.9 Å². The van der Waals surface area contributed by atoms with E-state index in [0.29, 0.717) is 43.7 Å². The molecule has 0 amide bonds. The van der Waals surface area contributed by atoms with Crippen LogP contribution in [0.1, 0.15) is 21.6 Å². The molecule has 0 aliphatic carbocycles. The number of aryl methyl sites for hydroxylation is 2. The van der Waals surface area contributed by atoms with E-state index in [-0.39, 0.29) is 16.9 Å². The Kier molecular flexibility index (Phi) is 4.90. The van der Waals surface area contributed by atoms with Crippen molar-refractivity contribution in [3.8, 4) is 11.5 Å². The van der Waals surface area contributed by atoms with E-state index in [1.165, 1.54) is 4.68 Å². The van der Waals surface area contributed by atoms with E-state index in [1.54, 1.807) is 62.6 Å². The van der Waals surface area contributed by atoms with Gasteiger partial charge in [0.1, 0.15) is 17.1 Å². The summed E-state index contributed by atoms with van der Waals surface area (Å²) in [5.41, 5.74) is 1.25. The number of nitrogens with one attached hydrogen (secondary N) is 1. The summed E-state index contributed by atoms with van der Waals surface area (Å²) >= 11 is 12.1. The summed E-state index contributed by atoms with van der Waals surface area (Å²) in [6.45, 7) is 1.69. The van der Waals surface area contributed by atoms with Crippen molar-refractivity contribution in [3.05, 3.63) is 85.9 Å². The fraction of sp³-hybridized carbons (Fsp3) is 0.0952. The second kappa shape index (κ2) is 7.39. The van der Waals surface area contributed by atoms with Crippen molar-refractivity contribution in [2.45, 2.75) is 6.92 Å². The number of carbonyl (C=O) groups excluding carboxylic acids is 1. The second-order valence-electron chi connectivity index (χ2n) is 6.52. The van der Waals surface area contributed by atoms with Gasteiger partial charge in [-0.1, -0.05) is 23.2 Å². The van der Waals surface area contributed by atoms with E-state index in [1.807, 2.05) is 0 Å². The van der Waals surface area contributed by atoms with Crippen molar-refractivity contribution >= 4 is 39.9 Å². The van der Waals surface area contributed by atoms with Crippen molar-refractivity contribution in [2.75, 3.05) is 0 Å². The summed E-state index contributed by atoms with van der Waals surface area (Å²) in [5.74, 6) is 0.536. The predicted octanol–water partition coefficient (Wildman–Crippen LogP) is 4.90. The van der Waals surface area contributed by atoms with E-state index in [4.69, 9.17) is 27.9 Å². The molecule has 0 saturated carbocycles. The zero-order valence-electron chi connectivity index (χ0n) is 15.5. The molecule has 0 aliphatic rings. The largest absolute Gasteiger partial charge is 0.455 e. The van der Waals surface area contributed by atoms with Gasteiger partial charge in [0.15, 0.2) is 5.78 Å². The first-order chi connectivity index (χ1) is 13.8. The molecule has 0 atom stereocenters. The molecule has 4 rings (SSSR count). The minimum absolute atomic E-state index is 0.110. The van der Waals surface area contributed by atoms with Crippen LogP contribution in [0.2, 0.25) is 10.0 Å². The van der Waals surface area contributed by atoms with Gasteiger partial charge in [-0.05, 0) is 49.4 Å². The lowest BCUT2D eigenvalue weighted by atomic mass is 10.0. The highest BCUT2D eigenvalue weighted by Crippen LogP contribution is 2.35. The zero-order valence-corrected chi connectivity index (χ0v) is 17.0. The summed E-state index contributed by atoms with van der Waals surface area (Å²) in [6, 6.07) is 11.6. The molecule has 0 fully saturated rings. The number of pyridine rings is 1. The van der Waals surface area contributed by atoms with Gasteiger partial charge in [-0.3, -0.25) is 24.4 Å². The average molecular weight is 428 g/mol. The minimum atomic E-state index is -0.372. The summed E-state index contributed by atoms with van der Waals surface area (Å²) in [6.07, 6.45) is 1.61. The highest BCUT2D eigenvalue weighted by Gasteiger charge is 2.20. The van der Waals surface area contributed by atoms with Crippen LogP contribution in [0.4, 0.5) is 0 Å². The van der Waals surface area contributed by atoms with Gasteiger partial charge < -0.3 is 4.74 Å². The third-order valence-corrected chi connectivity index (χ3v) is 5.06. The zero-order chi connectivity index (χ0) is 20.7. The Labute approximate surface area is 175 Å². The van der Waals surface area contributed by atoms with Gasteiger partial charge in [0.05, 0.1) is 10.5 Å². The molecule has 146 valence electrons. The summed E-state index contributed by atoms with van der Waals surface area (Å²) in [5, 5.41) is 4.32. The normalized spacial score (nSPS) is 11.0. The number of hydrogen-bond acceptors (Lipinski definition) is 4. The fourth-order valence-electron chi connectivity index (χ4n) is 3.13. The van der Waals surface area contributed by atoms with E-state index in [2.05, 4.69) is 10.1 Å². The number of hydrogen-bond donors (Lipinski definition) is 1. The van der Waals surface area contributed by atoms with Crippen LogP contribution in [-0.2, 0) is 7.05 Å².